The predicted molar refractivity (Wildman–Crippen MR) is 77.4 cm³/mol. The number of nitrogens with one attached hydrogen (secondary N) is 1. The number of fused-ring (bicyclic) bond motifs is 1. The fraction of sp³-hybridized carbons (Fsp3) is 0.750. The van der Waals surface area contributed by atoms with E-state index in [1.165, 1.54) is 37.7 Å². The van der Waals surface area contributed by atoms with Crippen LogP contribution in [0.4, 0.5) is 0 Å². The van der Waals surface area contributed by atoms with E-state index in [1.54, 1.807) is 5.56 Å². The molecule has 1 aromatic rings. The van der Waals surface area contributed by atoms with E-state index in [2.05, 4.69) is 36.1 Å². The summed E-state index contributed by atoms with van der Waals surface area (Å²) in [5, 5.41) is 3.61. The zero-order valence-corrected chi connectivity index (χ0v) is 12.2. The Morgan fingerprint density at radius 3 is 2.95 bits per heavy atom. The molecular formula is C16H26N2O. The van der Waals surface area contributed by atoms with Crippen molar-refractivity contribution in [2.24, 2.45) is 0 Å². The van der Waals surface area contributed by atoms with E-state index in [-0.39, 0.29) is 0 Å². The lowest BCUT2D eigenvalue weighted by Gasteiger charge is -2.22. The molecule has 0 spiro atoms. The van der Waals surface area contributed by atoms with Gasteiger partial charge < -0.3 is 14.6 Å². The highest BCUT2D eigenvalue weighted by atomic mass is 16.5. The lowest BCUT2D eigenvalue weighted by atomic mass is 9.91. The number of hydrogen-bond donors (Lipinski definition) is 1. The Kier molecular flexibility index (Phi) is 3.94. The van der Waals surface area contributed by atoms with Crippen LogP contribution in [0.2, 0.25) is 0 Å². The zero-order chi connectivity index (χ0) is 13.2. The summed E-state index contributed by atoms with van der Waals surface area (Å²) in [5.41, 5.74) is 3.07. The number of aryl methyl sites for hydroxylation is 1. The summed E-state index contributed by atoms with van der Waals surface area (Å²) in [7, 11) is 0. The van der Waals surface area contributed by atoms with E-state index in [0.717, 1.165) is 13.1 Å². The summed E-state index contributed by atoms with van der Waals surface area (Å²) >= 11 is 0. The molecular weight excluding hydrogens is 236 g/mol. The van der Waals surface area contributed by atoms with E-state index in [0.29, 0.717) is 18.2 Å². The van der Waals surface area contributed by atoms with Gasteiger partial charge in [-0.25, -0.2) is 0 Å². The summed E-state index contributed by atoms with van der Waals surface area (Å²) in [6.07, 6.45) is 11.8. The Morgan fingerprint density at radius 2 is 2.21 bits per heavy atom. The molecule has 1 saturated heterocycles. The molecule has 0 aromatic carbocycles. The summed E-state index contributed by atoms with van der Waals surface area (Å²) < 4.78 is 8.30. The molecule has 0 radical (unpaired) electrons. The molecule has 2 heterocycles. The Hall–Kier alpha value is -0.800. The molecule has 0 amide bonds. The minimum Gasteiger partial charge on any atom is -0.373 e. The molecule has 1 aliphatic carbocycles. The quantitative estimate of drug-likeness (QED) is 0.902. The average molecular weight is 262 g/mol. The Bertz CT molecular complexity index is 426. The highest BCUT2D eigenvalue weighted by Gasteiger charge is 2.24. The third kappa shape index (κ3) is 2.87. The van der Waals surface area contributed by atoms with Crippen molar-refractivity contribution < 1.29 is 4.74 Å². The van der Waals surface area contributed by atoms with Gasteiger partial charge in [-0.2, -0.15) is 0 Å². The topological polar surface area (TPSA) is 26.2 Å². The van der Waals surface area contributed by atoms with Crippen molar-refractivity contribution in [3.05, 3.63) is 23.5 Å². The van der Waals surface area contributed by atoms with E-state index < -0.39 is 0 Å². The maximum absolute atomic E-state index is 5.94. The van der Waals surface area contributed by atoms with Gasteiger partial charge in [0.15, 0.2) is 0 Å². The first-order chi connectivity index (χ1) is 9.26. The van der Waals surface area contributed by atoms with Gasteiger partial charge in [0.1, 0.15) is 0 Å². The molecule has 0 saturated carbocycles. The minimum atomic E-state index is 0.418. The molecule has 3 unspecified atom stereocenters. The van der Waals surface area contributed by atoms with Crippen molar-refractivity contribution in [2.45, 2.75) is 70.7 Å². The van der Waals surface area contributed by atoms with Crippen molar-refractivity contribution in [2.75, 3.05) is 6.54 Å². The average Bonchev–Trinajstić information content (AvgIpc) is 2.97. The Morgan fingerprint density at radius 1 is 1.32 bits per heavy atom. The van der Waals surface area contributed by atoms with Crippen molar-refractivity contribution in [3.8, 4) is 0 Å². The van der Waals surface area contributed by atoms with Gasteiger partial charge in [0.05, 0.1) is 12.2 Å². The van der Waals surface area contributed by atoms with Crippen LogP contribution in [0.15, 0.2) is 12.4 Å². The molecule has 1 aromatic heterocycles. The largest absolute Gasteiger partial charge is 0.373 e. The van der Waals surface area contributed by atoms with Gasteiger partial charge in [0.25, 0.3) is 0 Å². The van der Waals surface area contributed by atoms with Crippen molar-refractivity contribution in [1.29, 1.82) is 0 Å². The van der Waals surface area contributed by atoms with Crippen LogP contribution >= 0.6 is 0 Å². The van der Waals surface area contributed by atoms with E-state index in [1.807, 2.05) is 0 Å². The minimum absolute atomic E-state index is 0.418. The van der Waals surface area contributed by atoms with Crippen molar-refractivity contribution in [1.82, 2.24) is 9.88 Å². The van der Waals surface area contributed by atoms with Gasteiger partial charge in [0.2, 0.25) is 0 Å². The number of hydrogen-bond acceptors (Lipinski definition) is 2. The van der Waals surface area contributed by atoms with Gasteiger partial charge in [-0.3, -0.25) is 0 Å². The van der Waals surface area contributed by atoms with Crippen LogP contribution in [0.25, 0.3) is 0 Å². The second-order valence-corrected chi connectivity index (χ2v) is 6.08. The molecule has 3 rings (SSSR count). The van der Waals surface area contributed by atoms with Crippen LogP contribution in [-0.2, 0) is 17.7 Å². The molecule has 1 N–H and O–H groups in total. The number of nitrogens with zero attached hydrogens (tertiary/aromatic N) is 1. The molecule has 1 aliphatic heterocycles. The summed E-state index contributed by atoms with van der Waals surface area (Å²) in [5.74, 6) is 0. The highest BCUT2D eigenvalue weighted by Crippen LogP contribution is 2.31. The molecule has 106 valence electrons. The fourth-order valence-electron chi connectivity index (χ4n) is 3.57. The van der Waals surface area contributed by atoms with E-state index >= 15 is 0 Å². The first-order valence-electron chi connectivity index (χ1n) is 7.83. The zero-order valence-electron chi connectivity index (χ0n) is 12.2. The predicted octanol–water partition coefficient (Wildman–Crippen LogP) is 3.04. The Labute approximate surface area is 116 Å². The van der Waals surface area contributed by atoms with Gasteiger partial charge in [-0.1, -0.05) is 6.92 Å². The Balaban J connectivity index is 1.70. The maximum atomic E-state index is 5.94. The van der Waals surface area contributed by atoms with E-state index in [9.17, 15) is 0 Å². The van der Waals surface area contributed by atoms with Crippen LogP contribution in [-0.4, -0.2) is 23.3 Å². The second-order valence-electron chi connectivity index (χ2n) is 6.08. The van der Waals surface area contributed by atoms with Gasteiger partial charge in [-0.15, -0.1) is 0 Å². The van der Waals surface area contributed by atoms with Crippen LogP contribution in [0.3, 0.4) is 0 Å². The maximum Gasteiger partial charge on any atom is 0.0758 e. The van der Waals surface area contributed by atoms with Crippen LogP contribution < -0.4 is 5.32 Å². The smallest absolute Gasteiger partial charge is 0.0758 e. The van der Waals surface area contributed by atoms with Gasteiger partial charge >= 0.3 is 0 Å². The first-order valence-corrected chi connectivity index (χ1v) is 7.83. The molecule has 3 heteroatoms. The van der Waals surface area contributed by atoms with Gasteiger partial charge in [-0.05, 0) is 56.7 Å². The van der Waals surface area contributed by atoms with Crippen molar-refractivity contribution in [3.63, 3.8) is 0 Å². The standard InChI is InChI=1S/C16H26N2O/c1-3-17-16-6-4-5-13-9-18(11-15(13)16)10-14-8-7-12(2)19-14/h9,11-12,14,16-17H,3-8,10H2,1-2H3. The van der Waals surface area contributed by atoms with Gasteiger partial charge in [0, 0.05) is 25.0 Å². The monoisotopic (exact) mass is 262 g/mol. The second kappa shape index (κ2) is 5.68. The van der Waals surface area contributed by atoms with Crippen LogP contribution in [0.1, 0.15) is 56.7 Å². The van der Waals surface area contributed by atoms with Crippen molar-refractivity contribution >= 4 is 0 Å². The molecule has 3 atom stereocenters. The highest BCUT2D eigenvalue weighted by molar-refractivity contribution is 5.30. The number of rotatable bonds is 4. The van der Waals surface area contributed by atoms with Crippen LogP contribution in [0, 0.1) is 0 Å². The number of aromatic nitrogens is 1. The SMILES string of the molecule is CCNC1CCCc2cn(CC3CCC(C)O3)cc21. The first kappa shape index (κ1) is 13.2. The molecule has 2 aliphatic rings. The molecule has 0 bridgehead atoms. The molecule has 1 fully saturated rings. The summed E-state index contributed by atoms with van der Waals surface area (Å²) in [4.78, 5) is 0. The third-order valence-corrected chi connectivity index (χ3v) is 4.50. The molecule has 19 heavy (non-hydrogen) atoms. The fourth-order valence-corrected chi connectivity index (χ4v) is 3.57. The van der Waals surface area contributed by atoms with E-state index in [4.69, 9.17) is 4.74 Å². The third-order valence-electron chi connectivity index (χ3n) is 4.50. The summed E-state index contributed by atoms with van der Waals surface area (Å²) in [6.45, 7) is 6.45. The lowest BCUT2D eigenvalue weighted by molar-refractivity contribution is 0.0458. The molecule has 3 nitrogen and oxygen atoms in total. The normalized spacial score (nSPS) is 30.5. The summed E-state index contributed by atoms with van der Waals surface area (Å²) in [6, 6.07) is 0.568. The number of ether oxygens (including phenoxy) is 1. The lowest BCUT2D eigenvalue weighted by Crippen LogP contribution is -2.23. The van der Waals surface area contributed by atoms with Crippen LogP contribution in [0.5, 0.6) is 0 Å².